The van der Waals surface area contributed by atoms with Crippen LogP contribution in [0.1, 0.15) is 21.5 Å². The van der Waals surface area contributed by atoms with Crippen molar-refractivity contribution in [2.45, 2.75) is 18.0 Å². The van der Waals surface area contributed by atoms with Gasteiger partial charge in [0.1, 0.15) is 0 Å². The molecular weight excluding hydrogens is 299 g/mol. The smallest absolute Gasteiger partial charge is 0.322 e. The number of hydrogen-bond donors (Lipinski definition) is 2. The fraction of sp³-hybridized carbons (Fsp3) is 0.133. The van der Waals surface area contributed by atoms with Crippen molar-refractivity contribution in [2.75, 3.05) is 5.32 Å². The summed E-state index contributed by atoms with van der Waals surface area (Å²) in [6, 6.07) is 10.1. The summed E-state index contributed by atoms with van der Waals surface area (Å²) in [5.41, 5.74) is -0.222. The highest BCUT2D eigenvalue weighted by atomic mass is 32.1. The molecule has 1 N–H and O–H groups in total. The standard InChI is InChI=1S/C15H12F3NOS/c1-9-5-6-11(8-13(9)15(16,17)18)19-14(20)10-3-2-4-12(21)7-10/h2-8,21H,1H3,(H,19,20). The van der Waals surface area contributed by atoms with Gasteiger partial charge in [-0.15, -0.1) is 12.6 Å². The molecular formula is C15H12F3NOS. The van der Waals surface area contributed by atoms with Crippen LogP contribution in [0.25, 0.3) is 0 Å². The van der Waals surface area contributed by atoms with Crippen molar-refractivity contribution in [1.29, 1.82) is 0 Å². The number of halogens is 3. The van der Waals surface area contributed by atoms with E-state index in [1.807, 2.05) is 0 Å². The van der Waals surface area contributed by atoms with E-state index >= 15 is 0 Å². The maximum absolute atomic E-state index is 12.8. The Morgan fingerprint density at radius 2 is 1.86 bits per heavy atom. The van der Waals surface area contributed by atoms with Gasteiger partial charge < -0.3 is 5.32 Å². The lowest BCUT2D eigenvalue weighted by Gasteiger charge is -2.13. The van der Waals surface area contributed by atoms with E-state index in [1.54, 1.807) is 18.2 Å². The predicted molar refractivity (Wildman–Crippen MR) is 77.8 cm³/mol. The Hall–Kier alpha value is -1.95. The maximum Gasteiger partial charge on any atom is 0.416 e. The Morgan fingerprint density at radius 3 is 2.48 bits per heavy atom. The van der Waals surface area contributed by atoms with Crippen molar-refractivity contribution in [3.05, 3.63) is 59.2 Å². The van der Waals surface area contributed by atoms with Crippen LogP contribution in [0.2, 0.25) is 0 Å². The molecule has 0 saturated heterocycles. The van der Waals surface area contributed by atoms with Gasteiger partial charge in [0.25, 0.3) is 5.91 Å². The van der Waals surface area contributed by atoms with Crippen molar-refractivity contribution in [2.24, 2.45) is 0 Å². The fourth-order valence-corrected chi connectivity index (χ4v) is 2.08. The van der Waals surface area contributed by atoms with E-state index < -0.39 is 17.6 Å². The number of carbonyl (C=O) groups is 1. The second-order valence-corrected chi connectivity index (χ2v) is 5.05. The summed E-state index contributed by atoms with van der Waals surface area (Å²) >= 11 is 4.11. The summed E-state index contributed by atoms with van der Waals surface area (Å²) in [7, 11) is 0. The van der Waals surface area contributed by atoms with Gasteiger partial charge in [-0.1, -0.05) is 12.1 Å². The van der Waals surface area contributed by atoms with Crippen molar-refractivity contribution in [1.82, 2.24) is 0 Å². The monoisotopic (exact) mass is 311 g/mol. The minimum atomic E-state index is -4.45. The number of benzene rings is 2. The molecule has 110 valence electrons. The highest BCUT2D eigenvalue weighted by Gasteiger charge is 2.32. The van der Waals surface area contributed by atoms with Crippen molar-refractivity contribution in [3.63, 3.8) is 0 Å². The number of amides is 1. The average molecular weight is 311 g/mol. The first-order valence-electron chi connectivity index (χ1n) is 6.05. The average Bonchev–Trinajstić information content (AvgIpc) is 2.39. The highest BCUT2D eigenvalue weighted by Crippen LogP contribution is 2.33. The molecule has 6 heteroatoms. The van der Waals surface area contributed by atoms with Gasteiger partial charge in [0.2, 0.25) is 0 Å². The van der Waals surface area contributed by atoms with Crippen molar-refractivity contribution < 1.29 is 18.0 Å². The molecule has 0 aliphatic carbocycles. The van der Waals surface area contributed by atoms with Gasteiger partial charge in [-0.3, -0.25) is 4.79 Å². The van der Waals surface area contributed by atoms with E-state index in [4.69, 9.17) is 0 Å². The van der Waals surface area contributed by atoms with Crippen molar-refractivity contribution >= 4 is 24.2 Å². The number of aryl methyl sites for hydroxylation is 1. The number of alkyl halides is 3. The molecule has 0 fully saturated rings. The predicted octanol–water partition coefficient (Wildman–Crippen LogP) is 4.55. The van der Waals surface area contributed by atoms with Crippen LogP contribution in [0.4, 0.5) is 18.9 Å². The minimum Gasteiger partial charge on any atom is -0.322 e. The molecule has 0 saturated carbocycles. The summed E-state index contributed by atoms with van der Waals surface area (Å²) in [6.45, 7) is 1.37. The van der Waals surface area contributed by atoms with E-state index in [9.17, 15) is 18.0 Å². The second-order valence-electron chi connectivity index (χ2n) is 4.53. The molecule has 0 radical (unpaired) electrons. The van der Waals surface area contributed by atoms with Crippen LogP contribution in [0.3, 0.4) is 0 Å². The summed E-state index contributed by atoms with van der Waals surface area (Å²) in [5, 5.41) is 2.45. The van der Waals surface area contributed by atoms with Gasteiger partial charge in [0.05, 0.1) is 5.56 Å². The van der Waals surface area contributed by atoms with E-state index in [2.05, 4.69) is 17.9 Å². The molecule has 2 nitrogen and oxygen atoms in total. The SMILES string of the molecule is Cc1ccc(NC(=O)c2cccc(S)c2)cc1C(F)(F)F. The molecule has 2 aromatic carbocycles. The second kappa shape index (κ2) is 5.81. The molecule has 0 unspecified atom stereocenters. The first-order valence-corrected chi connectivity index (χ1v) is 6.50. The zero-order valence-corrected chi connectivity index (χ0v) is 11.9. The van der Waals surface area contributed by atoms with Gasteiger partial charge in [-0.25, -0.2) is 0 Å². The molecule has 0 aliphatic heterocycles. The van der Waals surface area contributed by atoms with E-state index in [-0.39, 0.29) is 11.3 Å². The number of rotatable bonds is 2. The number of anilines is 1. The van der Waals surface area contributed by atoms with Gasteiger partial charge in [-0.05, 0) is 42.8 Å². The van der Waals surface area contributed by atoms with Crippen LogP contribution in [0, 0.1) is 6.92 Å². The first-order chi connectivity index (χ1) is 9.77. The maximum atomic E-state index is 12.8. The number of thiol groups is 1. The van der Waals surface area contributed by atoms with E-state index in [0.717, 1.165) is 6.07 Å². The highest BCUT2D eigenvalue weighted by molar-refractivity contribution is 7.80. The van der Waals surface area contributed by atoms with E-state index in [1.165, 1.54) is 25.1 Å². The fourth-order valence-electron chi connectivity index (χ4n) is 1.86. The molecule has 0 aromatic heterocycles. The Labute approximate surface area is 125 Å². The van der Waals surface area contributed by atoms with E-state index in [0.29, 0.717) is 10.5 Å². The van der Waals surface area contributed by atoms with Gasteiger partial charge in [0, 0.05) is 16.1 Å². The van der Waals surface area contributed by atoms with Crippen LogP contribution < -0.4 is 5.32 Å². The van der Waals surface area contributed by atoms with Crippen molar-refractivity contribution in [3.8, 4) is 0 Å². The van der Waals surface area contributed by atoms with Gasteiger partial charge in [-0.2, -0.15) is 13.2 Å². The molecule has 0 spiro atoms. The topological polar surface area (TPSA) is 29.1 Å². The number of carbonyl (C=O) groups excluding carboxylic acids is 1. The zero-order chi connectivity index (χ0) is 15.6. The number of nitrogens with one attached hydrogen (secondary N) is 1. The molecule has 2 aromatic rings. The van der Waals surface area contributed by atoms with Gasteiger partial charge >= 0.3 is 6.18 Å². The minimum absolute atomic E-state index is 0.0995. The lowest BCUT2D eigenvalue weighted by atomic mass is 10.1. The molecule has 2 rings (SSSR count). The zero-order valence-electron chi connectivity index (χ0n) is 11.0. The Morgan fingerprint density at radius 1 is 1.14 bits per heavy atom. The van der Waals surface area contributed by atoms with Crippen LogP contribution >= 0.6 is 12.6 Å². The van der Waals surface area contributed by atoms with Crippen LogP contribution in [0.15, 0.2) is 47.4 Å². The molecule has 21 heavy (non-hydrogen) atoms. The quantitative estimate of drug-likeness (QED) is 0.783. The summed E-state index contributed by atoms with van der Waals surface area (Å²) in [4.78, 5) is 12.6. The van der Waals surface area contributed by atoms with Gasteiger partial charge in [0.15, 0.2) is 0 Å². The lowest BCUT2D eigenvalue weighted by molar-refractivity contribution is -0.138. The van der Waals surface area contributed by atoms with Crippen LogP contribution in [-0.4, -0.2) is 5.91 Å². The lowest BCUT2D eigenvalue weighted by Crippen LogP contribution is -2.14. The summed E-state index contributed by atoms with van der Waals surface area (Å²) < 4.78 is 38.5. The normalized spacial score (nSPS) is 11.3. The Kier molecular flexibility index (Phi) is 4.27. The summed E-state index contributed by atoms with van der Waals surface area (Å²) in [5.74, 6) is -0.483. The Balaban J connectivity index is 2.26. The molecule has 1 amide bonds. The number of hydrogen-bond acceptors (Lipinski definition) is 2. The van der Waals surface area contributed by atoms with Crippen LogP contribution in [-0.2, 0) is 6.18 Å². The largest absolute Gasteiger partial charge is 0.416 e. The third-order valence-corrected chi connectivity index (χ3v) is 3.19. The van der Waals surface area contributed by atoms with Crippen LogP contribution in [0.5, 0.6) is 0 Å². The summed E-state index contributed by atoms with van der Waals surface area (Å²) in [6.07, 6.45) is -4.45. The Bertz CT molecular complexity index is 683. The third kappa shape index (κ3) is 3.78. The molecule has 0 aliphatic rings. The molecule has 0 atom stereocenters. The molecule has 0 bridgehead atoms. The third-order valence-electron chi connectivity index (χ3n) is 2.91. The first kappa shape index (κ1) is 15.4. The molecule has 0 heterocycles.